The number of H-pyrrole nitrogens is 2. The third-order valence-electron chi connectivity index (χ3n) is 3.61. The molecule has 1 atom stereocenters. The highest BCUT2D eigenvalue weighted by Gasteiger charge is 2.20. The molecule has 2 heterocycles. The normalized spacial score (nSPS) is 19.9. The lowest BCUT2D eigenvalue weighted by Crippen LogP contribution is -2.42. The quantitative estimate of drug-likeness (QED) is 0.673. The fraction of sp³-hybridized carbons (Fsp3) is 0.692. The lowest BCUT2D eigenvalue weighted by molar-refractivity contribution is 0.0909. The Morgan fingerprint density at radius 3 is 3.15 bits per heavy atom. The zero-order chi connectivity index (χ0) is 14.4. The minimum absolute atomic E-state index is 0.239. The Kier molecular flexibility index (Phi) is 5.37. The molecule has 1 aromatic heterocycles. The number of aromatic nitrogens is 2. The number of likely N-dealkylation sites (tertiary alicyclic amines) is 1. The molecule has 1 fully saturated rings. The third-order valence-corrected chi connectivity index (χ3v) is 3.61. The highest BCUT2D eigenvalue weighted by atomic mass is 16.5. The van der Waals surface area contributed by atoms with E-state index in [1.165, 1.54) is 6.20 Å². The molecule has 112 valence electrons. The van der Waals surface area contributed by atoms with Crippen LogP contribution in [0.25, 0.3) is 0 Å². The van der Waals surface area contributed by atoms with Crippen molar-refractivity contribution in [3.63, 3.8) is 0 Å². The van der Waals surface area contributed by atoms with Crippen molar-refractivity contribution in [1.82, 2.24) is 20.2 Å². The first-order valence-electron chi connectivity index (χ1n) is 6.96. The van der Waals surface area contributed by atoms with Crippen LogP contribution in [0.4, 0.5) is 0 Å². The molecule has 0 aromatic carbocycles. The summed E-state index contributed by atoms with van der Waals surface area (Å²) in [6.07, 6.45) is 3.65. The van der Waals surface area contributed by atoms with Gasteiger partial charge in [-0.25, -0.2) is 4.79 Å². The topological polar surface area (TPSA) is 90.2 Å². The van der Waals surface area contributed by atoms with Gasteiger partial charge in [0.15, 0.2) is 0 Å². The SMILES string of the molecule is COCCN1CCCC(CNC(=O)c2c[nH]c(=O)[nH]2)C1. The Bertz CT molecular complexity index is 482. The molecular formula is C13H22N4O3. The first kappa shape index (κ1) is 14.8. The molecule has 1 aliphatic heterocycles. The number of ether oxygens (including phenoxy) is 1. The summed E-state index contributed by atoms with van der Waals surface area (Å²) >= 11 is 0. The number of methoxy groups -OCH3 is 1. The van der Waals surface area contributed by atoms with E-state index < -0.39 is 0 Å². The molecule has 1 aliphatic rings. The molecule has 0 saturated carbocycles. The highest BCUT2D eigenvalue weighted by molar-refractivity contribution is 5.91. The molecule has 0 radical (unpaired) electrons. The van der Waals surface area contributed by atoms with Crippen molar-refractivity contribution in [3.05, 3.63) is 22.4 Å². The van der Waals surface area contributed by atoms with Gasteiger partial charge in [0.25, 0.3) is 5.91 Å². The summed E-state index contributed by atoms with van der Waals surface area (Å²) in [5, 5.41) is 2.87. The van der Waals surface area contributed by atoms with E-state index in [0.717, 1.165) is 39.1 Å². The molecule has 0 aliphatic carbocycles. The number of carbonyl (C=O) groups excluding carboxylic acids is 1. The molecule has 0 spiro atoms. The van der Waals surface area contributed by atoms with Crippen molar-refractivity contribution < 1.29 is 9.53 Å². The van der Waals surface area contributed by atoms with Gasteiger partial charge in [-0.1, -0.05) is 0 Å². The van der Waals surface area contributed by atoms with Gasteiger partial charge in [0.1, 0.15) is 5.69 Å². The standard InChI is InChI=1S/C13H22N4O3/c1-20-6-5-17-4-2-3-10(9-17)7-14-12(18)11-8-15-13(19)16-11/h8,10H,2-7,9H2,1H3,(H,14,18)(H2,15,16,19). The number of imidazole rings is 1. The average molecular weight is 282 g/mol. The molecule has 1 amide bonds. The predicted octanol–water partition coefficient (Wildman–Crippen LogP) is -0.209. The fourth-order valence-corrected chi connectivity index (χ4v) is 2.53. The van der Waals surface area contributed by atoms with Gasteiger partial charge in [0, 0.05) is 32.9 Å². The molecule has 1 saturated heterocycles. The number of amides is 1. The average Bonchev–Trinajstić information content (AvgIpc) is 2.90. The summed E-state index contributed by atoms with van der Waals surface area (Å²) in [4.78, 5) is 30.0. The lowest BCUT2D eigenvalue weighted by atomic mass is 9.98. The van der Waals surface area contributed by atoms with Crippen LogP contribution >= 0.6 is 0 Å². The van der Waals surface area contributed by atoms with Crippen LogP contribution in [0.5, 0.6) is 0 Å². The van der Waals surface area contributed by atoms with Gasteiger partial charge in [0.2, 0.25) is 0 Å². The van der Waals surface area contributed by atoms with Gasteiger partial charge in [-0.15, -0.1) is 0 Å². The smallest absolute Gasteiger partial charge is 0.323 e. The molecule has 0 bridgehead atoms. The Morgan fingerprint density at radius 1 is 1.60 bits per heavy atom. The summed E-state index contributed by atoms with van der Waals surface area (Å²) in [6, 6.07) is 0. The molecule has 1 unspecified atom stereocenters. The van der Waals surface area contributed by atoms with E-state index in [2.05, 4.69) is 20.2 Å². The van der Waals surface area contributed by atoms with Crippen LogP contribution in [0.2, 0.25) is 0 Å². The number of nitrogens with zero attached hydrogens (tertiary/aromatic N) is 1. The number of nitrogens with one attached hydrogen (secondary N) is 3. The van der Waals surface area contributed by atoms with Gasteiger partial charge in [-0.05, 0) is 25.3 Å². The maximum absolute atomic E-state index is 11.8. The van der Waals surface area contributed by atoms with E-state index in [4.69, 9.17) is 4.74 Å². The van der Waals surface area contributed by atoms with Gasteiger partial charge < -0.3 is 24.9 Å². The number of rotatable bonds is 6. The second kappa shape index (κ2) is 7.25. The summed E-state index contributed by atoms with van der Waals surface area (Å²) in [5.41, 5.74) is -0.0828. The van der Waals surface area contributed by atoms with Crippen LogP contribution < -0.4 is 11.0 Å². The molecule has 2 rings (SSSR count). The lowest BCUT2D eigenvalue weighted by Gasteiger charge is -2.32. The number of hydrogen-bond acceptors (Lipinski definition) is 4. The zero-order valence-electron chi connectivity index (χ0n) is 11.8. The molecule has 1 aromatic rings. The van der Waals surface area contributed by atoms with Crippen molar-refractivity contribution in [3.8, 4) is 0 Å². The number of aromatic amines is 2. The van der Waals surface area contributed by atoms with Crippen LogP contribution in [0.1, 0.15) is 23.3 Å². The zero-order valence-corrected chi connectivity index (χ0v) is 11.8. The van der Waals surface area contributed by atoms with Crippen LogP contribution in [-0.4, -0.2) is 60.7 Å². The van der Waals surface area contributed by atoms with E-state index >= 15 is 0 Å². The number of carbonyl (C=O) groups is 1. The molecule has 20 heavy (non-hydrogen) atoms. The summed E-state index contributed by atoms with van der Waals surface area (Å²) in [5.74, 6) is 0.215. The Morgan fingerprint density at radius 2 is 2.45 bits per heavy atom. The Balaban J connectivity index is 1.75. The largest absolute Gasteiger partial charge is 0.383 e. The second-order valence-electron chi connectivity index (χ2n) is 5.17. The van der Waals surface area contributed by atoms with Crippen molar-refractivity contribution >= 4 is 5.91 Å². The minimum atomic E-state index is -0.362. The van der Waals surface area contributed by atoms with Gasteiger partial charge in [-0.3, -0.25) is 4.79 Å². The monoisotopic (exact) mass is 282 g/mol. The second-order valence-corrected chi connectivity index (χ2v) is 5.17. The summed E-state index contributed by atoms with van der Waals surface area (Å²) in [6.45, 7) is 4.39. The van der Waals surface area contributed by atoms with Crippen LogP contribution in [0, 0.1) is 5.92 Å². The molecule has 3 N–H and O–H groups in total. The molecule has 7 heteroatoms. The third kappa shape index (κ3) is 4.21. The highest BCUT2D eigenvalue weighted by Crippen LogP contribution is 2.15. The maximum Gasteiger partial charge on any atom is 0.323 e. The van der Waals surface area contributed by atoms with Gasteiger partial charge in [-0.2, -0.15) is 0 Å². The fourth-order valence-electron chi connectivity index (χ4n) is 2.53. The van der Waals surface area contributed by atoms with Crippen molar-refractivity contribution in [2.24, 2.45) is 5.92 Å². The number of piperidine rings is 1. The van der Waals surface area contributed by atoms with Crippen molar-refractivity contribution in [2.45, 2.75) is 12.8 Å². The van der Waals surface area contributed by atoms with E-state index in [9.17, 15) is 9.59 Å². The van der Waals surface area contributed by atoms with E-state index in [-0.39, 0.29) is 17.3 Å². The Hall–Kier alpha value is -1.60. The minimum Gasteiger partial charge on any atom is -0.383 e. The van der Waals surface area contributed by atoms with Gasteiger partial charge >= 0.3 is 5.69 Å². The molecule has 7 nitrogen and oxygen atoms in total. The van der Waals surface area contributed by atoms with Crippen LogP contribution in [-0.2, 0) is 4.74 Å². The predicted molar refractivity (Wildman–Crippen MR) is 74.8 cm³/mol. The van der Waals surface area contributed by atoms with E-state index in [1.807, 2.05) is 0 Å². The van der Waals surface area contributed by atoms with E-state index in [0.29, 0.717) is 12.5 Å². The van der Waals surface area contributed by atoms with E-state index in [1.54, 1.807) is 7.11 Å². The van der Waals surface area contributed by atoms with Crippen molar-refractivity contribution in [2.75, 3.05) is 39.9 Å². The maximum atomic E-state index is 11.8. The number of hydrogen-bond donors (Lipinski definition) is 3. The van der Waals surface area contributed by atoms with Gasteiger partial charge in [0.05, 0.1) is 6.61 Å². The van der Waals surface area contributed by atoms with Crippen LogP contribution in [0.15, 0.2) is 11.0 Å². The van der Waals surface area contributed by atoms with Crippen molar-refractivity contribution in [1.29, 1.82) is 0 Å². The summed E-state index contributed by atoms with van der Waals surface area (Å²) in [7, 11) is 1.71. The van der Waals surface area contributed by atoms with Crippen LogP contribution in [0.3, 0.4) is 0 Å². The first-order valence-corrected chi connectivity index (χ1v) is 6.96. The first-order chi connectivity index (χ1) is 9.69. The summed E-state index contributed by atoms with van der Waals surface area (Å²) < 4.78 is 5.09. The Labute approximate surface area is 117 Å². The molecular weight excluding hydrogens is 260 g/mol.